The molecule has 152 valence electrons. The molecule has 29 heavy (non-hydrogen) atoms. The Labute approximate surface area is 179 Å². The van der Waals surface area contributed by atoms with Crippen molar-refractivity contribution < 1.29 is 9.53 Å². The molecule has 1 fully saturated rings. The molecule has 1 aliphatic heterocycles. The van der Waals surface area contributed by atoms with E-state index in [1.54, 1.807) is 35.6 Å². The summed E-state index contributed by atoms with van der Waals surface area (Å²) in [6.45, 7) is 6.77. The third-order valence-electron chi connectivity index (χ3n) is 5.18. The van der Waals surface area contributed by atoms with Crippen LogP contribution in [0.4, 0.5) is 5.13 Å². The van der Waals surface area contributed by atoms with Crippen molar-refractivity contribution in [3.05, 3.63) is 58.6 Å². The van der Waals surface area contributed by atoms with Gasteiger partial charge in [0.25, 0.3) is 5.91 Å². The zero-order valence-corrected chi connectivity index (χ0v) is 18.0. The average molecular weight is 430 g/mol. The van der Waals surface area contributed by atoms with Crippen LogP contribution in [0.25, 0.3) is 10.2 Å². The lowest BCUT2D eigenvalue weighted by atomic mass is 10.1. The second-order valence-electron chi connectivity index (χ2n) is 7.03. The van der Waals surface area contributed by atoms with Gasteiger partial charge in [-0.3, -0.25) is 14.6 Å². The predicted molar refractivity (Wildman–Crippen MR) is 119 cm³/mol. The van der Waals surface area contributed by atoms with E-state index in [4.69, 9.17) is 21.3 Å². The second kappa shape index (κ2) is 9.22. The van der Waals surface area contributed by atoms with Crippen molar-refractivity contribution in [2.24, 2.45) is 0 Å². The third-order valence-corrected chi connectivity index (χ3v) is 6.48. The van der Waals surface area contributed by atoms with Crippen LogP contribution in [0.5, 0.6) is 0 Å². The zero-order chi connectivity index (χ0) is 20.2. The van der Waals surface area contributed by atoms with Gasteiger partial charge in [0.05, 0.1) is 23.4 Å². The lowest BCUT2D eigenvalue weighted by molar-refractivity contribution is 0.0391. The first kappa shape index (κ1) is 20.3. The Hall–Kier alpha value is -1.99. The van der Waals surface area contributed by atoms with Crippen LogP contribution in [0.2, 0.25) is 5.02 Å². The van der Waals surface area contributed by atoms with E-state index < -0.39 is 0 Å². The number of hydrogen-bond acceptors (Lipinski definition) is 5. The molecular weight excluding hydrogens is 406 g/mol. The molecule has 3 aromatic rings. The van der Waals surface area contributed by atoms with Gasteiger partial charge in [0, 0.05) is 36.8 Å². The number of aromatic nitrogens is 1. The zero-order valence-electron chi connectivity index (χ0n) is 16.4. The number of hydrogen-bond donors (Lipinski definition) is 0. The standard InChI is InChI=1S/C22H24ClN3O2S/c1-2-16-4-3-5-19-20(16)24-22(29-19)26(11-10-25-12-14-28-15-13-25)21(27)17-6-8-18(23)9-7-17/h3-9H,2,10-15H2,1H3. The number of carbonyl (C=O) groups is 1. The van der Waals surface area contributed by atoms with Crippen LogP contribution >= 0.6 is 22.9 Å². The SMILES string of the molecule is CCc1cccc2sc(N(CCN3CCOCC3)C(=O)c3ccc(Cl)cc3)nc12. The van der Waals surface area contributed by atoms with Gasteiger partial charge in [0.1, 0.15) is 0 Å². The van der Waals surface area contributed by atoms with Crippen molar-refractivity contribution >= 4 is 44.2 Å². The van der Waals surface area contributed by atoms with Gasteiger partial charge in [-0.1, -0.05) is 42.0 Å². The van der Waals surface area contributed by atoms with E-state index in [2.05, 4.69) is 30.0 Å². The van der Waals surface area contributed by atoms with Crippen LogP contribution in [-0.4, -0.2) is 55.2 Å². The van der Waals surface area contributed by atoms with Crippen LogP contribution < -0.4 is 4.90 Å². The minimum Gasteiger partial charge on any atom is -0.379 e. The fraction of sp³-hybridized carbons (Fsp3) is 0.364. The molecule has 0 atom stereocenters. The topological polar surface area (TPSA) is 45.7 Å². The fourth-order valence-electron chi connectivity index (χ4n) is 3.49. The molecular formula is C22H24ClN3O2S. The number of rotatable bonds is 6. The van der Waals surface area contributed by atoms with E-state index in [1.165, 1.54) is 5.56 Å². The van der Waals surface area contributed by atoms with Gasteiger partial charge in [-0.05, 0) is 42.3 Å². The van der Waals surface area contributed by atoms with Crippen molar-refractivity contribution in [3.8, 4) is 0 Å². The third kappa shape index (κ3) is 4.61. The van der Waals surface area contributed by atoms with Crippen molar-refractivity contribution in [1.29, 1.82) is 0 Å². The maximum Gasteiger partial charge on any atom is 0.260 e. The highest BCUT2D eigenvalue weighted by Gasteiger charge is 2.23. The van der Waals surface area contributed by atoms with Crippen LogP contribution in [0.15, 0.2) is 42.5 Å². The fourth-order valence-corrected chi connectivity index (χ4v) is 4.66. The summed E-state index contributed by atoms with van der Waals surface area (Å²) in [6, 6.07) is 13.3. The number of thiazole rings is 1. The molecule has 0 radical (unpaired) electrons. The van der Waals surface area contributed by atoms with Crippen molar-refractivity contribution in [3.63, 3.8) is 0 Å². The highest BCUT2D eigenvalue weighted by atomic mass is 35.5. The quantitative estimate of drug-likeness (QED) is 0.579. The average Bonchev–Trinajstić information content (AvgIpc) is 3.19. The van der Waals surface area contributed by atoms with Crippen molar-refractivity contribution in [1.82, 2.24) is 9.88 Å². The molecule has 0 N–H and O–H groups in total. The van der Waals surface area contributed by atoms with Gasteiger partial charge in [0.2, 0.25) is 0 Å². The van der Waals surface area contributed by atoms with E-state index in [1.807, 2.05) is 4.90 Å². The highest BCUT2D eigenvalue weighted by Crippen LogP contribution is 2.32. The van der Waals surface area contributed by atoms with Gasteiger partial charge in [-0.25, -0.2) is 4.98 Å². The lowest BCUT2D eigenvalue weighted by Crippen LogP contribution is -2.43. The molecule has 0 saturated carbocycles. The van der Waals surface area contributed by atoms with Crippen LogP contribution in [0, 0.1) is 0 Å². The van der Waals surface area contributed by atoms with Gasteiger partial charge < -0.3 is 4.74 Å². The van der Waals surface area contributed by atoms with Gasteiger partial charge in [-0.15, -0.1) is 0 Å². The molecule has 2 heterocycles. The van der Waals surface area contributed by atoms with E-state index in [0.29, 0.717) is 17.1 Å². The van der Waals surface area contributed by atoms with E-state index in [0.717, 1.165) is 54.6 Å². The highest BCUT2D eigenvalue weighted by molar-refractivity contribution is 7.22. The number of benzene rings is 2. The smallest absolute Gasteiger partial charge is 0.260 e. The second-order valence-corrected chi connectivity index (χ2v) is 8.48. The first-order chi connectivity index (χ1) is 14.2. The minimum absolute atomic E-state index is 0.0490. The Morgan fingerprint density at radius 3 is 2.69 bits per heavy atom. The number of nitrogens with zero attached hydrogens (tertiary/aromatic N) is 3. The van der Waals surface area contributed by atoms with E-state index in [9.17, 15) is 4.79 Å². The summed E-state index contributed by atoms with van der Waals surface area (Å²) < 4.78 is 6.55. The molecule has 7 heteroatoms. The normalized spacial score (nSPS) is 15.0. The summed E-state index contributed by atoms with van der Waals surface area (Å²) >= 11 is 7.58. The Morgan fingerprint density at radius 2 is 1.97 bits per heavy atom. The van der Waals surface area contributed by atoms with Crippen LogP contribution in [0.3, 0.4) is 0 Å². The molecule has 4 rings (SSSR count). The number of morpholine rings is 1. The number of amides is 1. The summed E-state index contributed by atoms with van der Waals surface area (Å²) in [5.41, 5.74) is 2.82. The number of fused-ring (bicyclic) bond motifs is 1. The molecule has 5 nitrogen and oxygen atoms in total. The molecule has 1 aromatic heterocycles. The van der Waals surface area contributed by atoms with Crippen LogP contribution in [0.1, 0.15) is 22.8 Å². The number of para-hydroxylation sites is 1. The molecule has 1 amide bonds. The minimum atomic E-state index is -0.0490. The Morgan fingerprint density at radius 1 is 1.21 bits per heavy atom. The molecule has 1 saturated heterocycles. The Balaban J connectivity index is 1.65. The summed E-state index contributed by atoms with van der Waals surface area (Å²) in [7, 11) is 0. The van der Waals surface area contributed by atoms with Gasteiger partial charge >= 0.3 is 0 Å². The summed E-state index contributed by atoms with van der Waals surface area (Å²) in [6.07, 6.45) is 0.916. The number of halogens is 1. The van der Waals surface area contributed by atoms with E-state index >= 15 is 0 Å². The lowest BCUT2D eigenvalue weighted by Gasteiger charge is -2.29. The largest absolute Gasteiger partial charge is 0.379 e. The summed E-state index contributed by atoms with van der Waals surface area (Å²) in [5, 5.41) is 1.36. The summed E-state index contributed by atoms with van der Waals surface area (Å²) in [5.74, 6) is -0.0490. The first-order valence-electron chi connectivity index (χ1n) is 9.91. The van der Waals surface area contributed by atoms with Gasteiger partial charge in [0.15, 0.2) is 5.13 Å². The molecule has 0 bridgehead atoms. The van der Waals surface area contributed by atoms with E-state index in [-0.39, 0.29) is 5.91 Å². The summed E-state index contributed by atoms with van der Waals surface area (Å²) in [4.78, 5) is 22.4. The monoisotopic (exact) mass is 429 g/mol. The van der Waals surface area contributed by atoms with Crippen molar-refractivity contribution in [2.75, 3.05) is 44.3 Å². The maximum absolute atomic E-state index is 13.4. The number of anilines is 1. The number of aryl methyl sites for hydroxylation is 1. The first-order valence-corrected chi connectivity index (χ1v) is 11.1. The van der Waals surface area contributed by atoms with Crippen LogP contribution in [-0.2, 0) is 11.2 Å². The Kier molecular flexibility index (Phi) is 6.45. The predicted octanol–water partition coefficient (Wildman–Crippen LogP) is 4.49. The molecule has 1 aliphatic rings. The molecule has 2 aromatic carbocycles. The molecule has 0 aliphatic carbocycles. The molecule has 0 unspecified atom stereocenters. The number of carbonyl (C=O) groups excluding carboxylic acids is 1. The maximum atomic E-state index is 13.4. The Bertz CT molecular complexity index is 983. The molecule has 0 spiro atoms. The van der Waals surface area contributed by atoms with Gasteiger partial charge in [-0.2, -0.15) is 0 Å². The number of ether oxygens (including phenoxy) is 1. The van der Waals surface area contributed by atoms with Crippen molar-refractivity contribution in [2.45, 2.75) is 13.3 Å².